The number of hydrogen-bond acceptors (Lipinski definition) is 4. The summed E-state index contributed by atoms with van der Waals surface area (Å²) in [4.78, 5) is 0. The minimum absolute atomic E-state index is 0.311. The third kappa shape index (κ3) is 9.13. The number of hydrogen-bond donors (Lipinski definition) is 0. The van der Waals surface area contributed by atoms with Crippen molar-refractivity contribution in [3.8, 4) is 39.1 Å². The van der Waals surface area contributed by atoms with Gasteiger partial charge >= 0.3 is 0 Å². The molecular weight excluding hydrogens is 532 g/mol. The van der Waals surface area contributed by atoms with Crippen molar-refractivity contribution in [2.45, 2.75) is 26.4 Å². The van der Waals surface area contributed by atoms with Gasteiger partial charge in [0, 0.05) is 13.7 Å². The topological polar surface area (TPSA) is 36.9 Å². The summed E-state index contributed by atoms with van der Waals surface area (Å²) in [6, 6.07) is 43.1. The highest BCUT2D eigenvalue weighted by Crippen LogP contribution is 2.34. The predicted octanol–water partition coefficient (Wildman–Crippen LogP) is 9.14. The van der Waals surface area contributed by atoms with E-state index in [0.717, 1.165) is 29.7 Å². The highest BCUT2D eigenvalue weighted by molar-refractivity contribution is 5.81. The van der Waals surface area contributed by atoms with Gasteiger partial charge in [-0.25, -0.2) is 0 Å². The average Bonchev–Trinajstić information content (AvgIpc) is 3.06. The lowest BCUT2D eigenvalue weighted by molar-refractivity contribution is -0.0660. The molecule has 0 spiro atoms. The van der Waals surface area contributed by atoms with Gasteiger partial charge in [-0.05, 0) is 94.6 Å². The lowest BCUT2D eigenvalue weighted by Crippen LogP contribution is -2.06. The first-order chi connectivity index (χ1) is 21.2. The maximum absolute atomic E-state index is 6.03. The van der Waals surface area contributed by atoms with Crippen LogP contribution in [0.3, 0.4) is 0 Å². The molecule has 0 amide bonds. The van der Waals surface area contributed by atoms with Gasteiger partial charge in [-0.2, -0.15) is 0 Å². The second-order valence-electron chi connectivity index (χ2n) is 10.7. The van der Waals surface area contributed by atoms with Gasteiger partial charge in [0.05, 0.1) is 13.2 Å². The second-order valence-corrected chi connectivity index (χ2v) is 10.7. The van der Waals surface area contributed by atoms with Crippen molar-refractivity contribution in [2.75, 3.05) is 33.7 Å². The van der Waals surface area contributed by atoms with Gasteiger partial charge < -0.3 is 18.9 Å². The monoisotopic (exact) mass is 572 g/mol. The van der Waals surface area contributed by atoms with Crippen LogP contribution >= 0.6 is 0 Å². The van der Waals surface area contributed by atoms with Crippen molar-refractivity contribution < 1.29 is 18.9 Å². The van der Waals surface area contributed by atoms with Crippen molar-refractivity contribution in [3.05, 3.63) is 138 Å². The summed E-state index contributed by atoms with van der Waals surface area (Å²) >= 11 is 0. The standard InChI is InChI=1S/C39H40O4/c1-30-10-14-33(15-11-30)36-25-37(34-16-12-31(13-17-34)9-6-22-41-29-42-24-23-40-2)27-38(26-36)35-18-20-39(21-19-35)43-28-32-7-4-3-5-8-32/h3-5,7-8,10-21,25-27H,6,9,22-24,28-29H2,1-2H3. The SMILES string of the molecule is COCCOCOCCCc1ccc(-c2cc(-c3ccc(C)cc3)cc(-c3ccc(OCc4ccccc4)cc3)c2)cc1. The summed E-state index contributed by atoms with van der Waals surface area (Å²) < 4.78 is 21.9. The zero-order chi connectivity index (χ0) is 29.7. The van der Waals surface area contributed by atoms with Gasteiger partial charge in [0.25, 0.3) is 0 Å². The van der Waals surface area contributed by atoms with Crippen LogP contribution in [0.5, 0.6) is 5.75 Å². The van der Waals surface area contributed by atoms with Crippen LogP contribution in [0.2, 0.25) is 0 Å². The van der Waals surface area contributed by atoms with Gasteiger partial charge in [-0.3, -0.25) is 0 Å². The largest absolute Gasteiger partial charge is 0.489 e. The van der Waals surface area contributed by atoms with E-state index in [0.29, 0.717) is 33.2 Å². The van der Waals surface area contributed by atoms with Crippen LogP contribution in [0.15, 0.2) is 121 Å². The van der Waals surface area contributed by atoms with Crippen LogP contribution in [0.1, 0.15) is 23.1 Å². The van der Waals surface area contributed by atoms with Crippen LogP contribution in [-0.4, -0.2) is 33.7 Å². The second kappa shape index (κ2) is 15.9. The first kappa shape index (κ1) is 30.2. The fourth-order valence-electron chi connectivity index (χ4n) is 4.92. The van der Waals surface area contributed by atoms with Crippen molar-refractivity contribution in [1.29, 1.82) is 0 Å². The Hall–Kier alpha value is -4.22. The van der Waals surface area contributed by atoms with Crippen molar-refractivity contribution in [1.82, 2.24) is 0 Å². The molecule has 5 aromatic rings. The van der Waals surface area contributed by atoms with Gasteiger partial charge in [0.1, 0.15) is 19.1 Å². The van der Waals surface area contributed by atoms with E-state index in [-0.39, 0.29) is 0 Å². The fourth-order valence-corrected chi connectivity index (χ4v) is 4.92. The Morgan fingerprint density at radius 3 is 1.67 bits per heavy atom. The van der Waals surface area contributed by atoms with E-state index in [2.05, 4.69) is 110 Å². The molecule has 0 unspecified atom stereocenters. The summed E-state index contributed by atoms with van der Waals surface area (Å²) in [5.41, 5.74) is 10.8. The normalized spacial score (nSPS) is 11.0. The van der Waals surface area contributed by atoms with Crippen LogP contribution < -0.4 is 4.74 Å². The molecule has 0 atom stereocenters. The van der Waals surface area contributed by atoms with E-state index < -0.39 is 0 Å². The molecule has 0 saturated heterocycles. The van der Waals surface area contributed by atoms with Crippen molar-refractivity contribution >= 4 is 0 Å². The van der Waals surface area contributed by atoms with Crippen LogP contribution in [0.25, 0.3) is 33.4 Å². The highest BCUT2D eigenvalue weighted by atomic mass is 16.7. The molecule has 5 aromatic carbocycles. The Morgan fingerprint density at radius 1 is 0.512 bits per heavy atom. The van der Waals surface area contributed by atoms with Crippen LogP contribution in [-0.2, 0) is 27.2 Å². The third-order valence-corrected chi connectivity index (χ3v) is 7.39. The molecule has 0 aliphatic rings. The lowest BCUT2D eigenvalue weighted by atomic mass is 9.92. The first-order valence-corrected chi connectivity index (χ1v) is 14.9. The van der Waals surface area contributed by atoms with Gasteiger partial charge in [0.2, 0.25) is 0 Å². The van der Waals surface area contributed by atoms with E-state index in [1.165, 1.54) is 38.9 Å². The molecule has 0 radical (unpaired) electrons. The molecule has 0 bridgehead atoms. The molecule has 0 aliphatic carbocycles. The molecule has 5 rings (SSSR count). The average molecular weight is 573 g/mol. The summed E-state index contributed by atoms with van der Waals surface area (Å²) in [7, 11) is 1.66. The summed E-state index contributed by atoms with van der Waals surface area (Å²) in [5.74, 6) is 0.863. The molecule has 0 aliphatic heterocycles. The predicted molar refractivity (Wildman–Crippen MR) is 175 cm³/mol. The number of aryl methyl sites for hydroxylation is 2. The van der Waals surface area contributed by atoms with Gasteiger partial charge in [-0.1, -0.05) is 96.6 Å². The third-order valence-electron chi connectivity index (χ3n) is 7.39. The Kier molecular flexibility index (Phi) is 11.2. The molecule has 4 heteroatoms. The molecule has 43 heavy (non-hydrogen) atoms. The Labute approximate surface area is 255 Å². The molecule has 220 valence electrons. The first-order valence-electron chi connectivity index (χ1n) is 14.9. The molecule has 0 aromatic heterocycles. The van der Waals surface area contributed by atoms with E-state index in [1.807, 2.05) is 18.2 Å². The lowest BCUT2D eigenvalue weighted by Gasteiger charge is -2.13. The van der Waals surface area contributed by atoms with Gasteiger partial charge in [-0.15, -0.1) is 0 Å². The van der Waals surface area contributed by atoms with Crippen LogP contribution in [0, 0.1) is 6.92 Å². The molecular formula is C39H40O4. The smallest absolute Gasteiger partial charge is 0.146 e. The van der Waals surface area contributed by atoms with E-state index in [4.69, 9.17) is 18.9 Å². The number of ether oxygens (including phenoxy) is 4. The summed E-state index contributed by atoms with van der Waals surface area (Å²) in [6.45, 7) is 4.80. The van der Waals surface area contributed by atoms with Crippen molar-refractivity contribution in [3.63, 3.8) is 0 Å². The molecule has 0 heterocycles. The van der Waals surface area contributed by atoms with Gasteiger partial charge in [0.15, 0.2) is 0 Å². The zero-order valence-electron chi connectivity index (χ0n) is 25.1. The van der Waals surface area contributed by atoms with Crippen LogP contribution in [0.4, 0.5) is 0 Å². The van der Waals surface area contributed by atoms with E-state index >= 15 is 0 Å². The summed E-state index contributed by atoms with van der Waals surface area (Å²) in [6.07, 6.45) is 1.91. The molecule has 0 fully saturated rings. The molecule has 0 saturated carbocycles. The Morgan fingerprint density at radius 2 is 1.07 bits per heavy atom. The maximum Gasteiger partial charge on any atom is 0.146 e. The highest BCUT2D eigenvalue weighted by Gasteiger charge is 2.09. The van der Waals surface area contributed by atoms with Crippen molar-refractivity contribution in [2.24, 2.45) is 0 Å². The molecule has 4 nitrogen and oxygen atoms in total. The maximum atomic E-state index is 6.03. The number of benzene rings is 5. The molecule has 0 N–H and O–H groups in total. The van der Waals surface area contributed by atoms with E-state index in [9.17, 15) is 0 Å². The Bertz CT molecular complexity index is 1530. The minimum Gasteiger partial charge on any atom is -0.489 e. The fraction of sp³-hybridized carbons (Fsp3) is 0.231. The minimum atomic E-state index is 0.311. The zero-order valence-corrected chi connectivity index (χ0v) is 25.1. The number of rotatable bonds is 15. The number of methoxy groups -OCH3 is 1. The summed E-state index contributed by atoms with van der Waals surface area (Å²) in [5, 5.41) is 0. The quantitative estimate of drug-likeness (QED) is 0.0926. The Balaban J connectivity index is 1.30. The van der Waals surface area contributed by atoms with E-state index in [1.54, 1.807) is 7.11 Å².